The van der Waals surface area contributed by atoms with Gasteiger partial charge >= 0.3 is 0 Å². The van der Waals surface area contributed by atoms with Gasteiger partial charge in [-0.05, 0) is 12.8 Å². The van der Waals surface area contributed by atoms with Gasteiger partial charge in [0.1, 0.15) is 0 Å². The van der Waals surface area contributed by atoms with Crippen molar-refractivity contribution < 1.29 is 0 Å². The van der Waals surface area contributed by atoms with Crippen LogP contribution in [0.25, 0.3) is 0 Å². The quantitative estimate of drug-likeness (QED) is 0.298. The molecular weight excluding hydrogens is 179 g/mol. The van der Waals surface area contributed by atoms with E-state index in [1.165, 1.54) is 57.8 Å². The van der Waals surface area contributed by atoms with E-state index in [0.29, 0.717) is 5.92 Å². The first-order valence-electron chi connectivity index (χ1n) is 6.56. The van der Waals surface area contributed by atoms with Crippen LogP contribution in [-0.2, 0) is 0 Å². The minimum atomic E-state index is 0.554. The van der Waals surface area contributed by atoms with Crippen molar-refractivity contribution in [3.63, 3.8) is 0 Å². The molecule has 0 heterocycles. The van der Waals surface area contributed by atoms with E-state index in [0.717, 1.165) is 0 Å². The van der Waals surface area contributed by atoms with Gasteiger partial charge in [-0.15, -0.1) is 5.92 Å². The molecule has 0 saturated carbocycles. The van der Waals surface area contributed by atoms with Gasteiger partial charge in [-0.2, -0.15) is 5.82 Å². The summed E-state index contributed by atoms with van der Waals surface area (Å²) in [6, 6.07) is 0. The van der Waals surface area contributed by atoms with Crippen LogP contribution in [0.15, 0.2) is 0 Å². The highest BCUT2D eigenvalue weighted by molar-refractivity contribution is 6.22. The Morgan fingerprint density at radius 1 is 0.867 bits per heavy atom. The first-order chi connectivity index (χ1) is 7.35. The van der Waals surface area contributed by atoms with E-state index in [9.17, 15) is 0 Å². The van der Waals surface area contributed by atoms with Crippen molar-refractivity contribution in [2.75, 3.05) is 0 Å². The first kappa shape index (κ1) is 14.6. The van der Waals surface area contributed by atoms with Gasteiger partial charge in [0.05, 0.1) is 0 Å². The molecule has 0 aromatic carbocycles. The summed E-state index contributed by atoms with van der Waals surface area (Å²) in [5.74, 6) is 6.29. The summed E-state index contributed by atoms with van der Waals surface area (Å²) in [6.07, 6.45) is 11.8. The standard InChI is InChI=1S/C14H25B/c1-3-5-7-9-11-14(12-13-15)10-8-6-4-2/h14H,3-11H2,1-2H3. The summed E-state index contributed by atoms with van der Waals surface area (Å²) in [5.41, 5.74) is 0. The topological polar surface area (TPSA) is 0 Å². The Hall–Kier alpha value is -0.375. The molecule has 0 saturated heterocycles. The van der Waals surface area contributed by atoms with Crippen LogP contribution in [0.1, 0.15) is 71.6 Å². The fraction of sp³-hybridized carbons (Fsp3) is 0.857. The molecule has 0 fully saturated rings. The Bertz CT molecular complexity index is 176. The average molecular weight is 204 g/mol. The largest absolute Gasteiger partial charge is 0.187 e. The fourth-order valence-electron chi connectivity index (χ4n) is 1.86. The van der Waals surface area contributed by atoms with E-state index < -0.39 is 0 Å². The number of hydrogen-bond acceptors (Lipinski definition) is 0. The molecule has 0 spiro atoms. The Morgan fingerprint density at radius 2 is 1.40 bits per heavy atom. The van der Waals surface area contributed by atoms with E-state index in [-0.39, 0.29) is 0 Å². The number of unbranched alkanes of at least 4 members (excludes halogenated alkanes) is 5. The van der Waals surface area contributed by atoms with Gasteiger partial charge < -0.3 is 0 Å². The molecule has 0 rings (SSSR count). The third-order valence-electron chi connectivity index (χ3n) is 2.85. The van der Waals surface area contributed by atoms with Gasteiger partial charge in [-0.3, -0.25) is 0 Å². The maximum absolute atomic E-state index is 5.30. The van der Waals surface area contributed by atoms with Gasteiger partial charge in [-0.25, -0.2) is 0 Å². The van der Waals surface area contributed by atoms with E-state index in [1.54, 1.807) is 0 Å². The van der Waals surface area contributed by atoms with Crippen LogP contribution in [-0.4, -0.2) is 7.85 Å². The first-order valence-corrected chi connectivity index (χ1v) is 6.56. The highest BCUT2D eigenvalue weighted by Crippen LogP contribution is 2.17. The number of rotatable bonds is 9. The molecule has 0 bridgehead atoms. The highest BCUT2D eigenvalue weighted by Gasteiger charge is 2.03. The van der Waals surface area contributed by atoms with Crippen LogP contribution < -0.4 is 0 Å². The predicted molar refractivity (Wildman–Crippen MR) is 69.9 cm³/mol. The molecule has 0 N–H and O–H groups in total. The molecule has 0 aromatic heterocycles. The normalized spacial score (nSPS) is 11.9. The minimum absolute atomic E-state index is 0.554. The number of hydrogen-bond donors (Lipinski definition) is 0. The zero-order valence-electron chi connectivity index (χ0n) is 10.5. The molecule has 0 aliphatic carbocycles. The molecule has 2 radical (unpaired) electrons. The maximum atomic E-state index is 5.30. The van der Waals surface area contributed by atoms with Gasteiger partial charge in [0.2, 0.25) is 0 Å². The molecule has 0 aliphatic heterocycles. The molecule has 1 unspecified atom stereocenters. The molecule has 0 aromatic rings. The smallest absolute Gasteiger partial charge is 0.172 e. The lowest BCUT2D eigenvalue weighted by Gasteiger charge is -2.10. The second kappa shape index (κ2) is 11.7. The Morgan fingerprint density at radius 3 is 1.93 bits per heavy atom. The van der Waals surface area contributed by atoms with Crippen LogP contribution in [0, 0.1) is 17.7 Å². The van der Waals surface area contributed by atoms with Crippen molar-refractivity contribution in [1.29, 1.82) is 0 Å². The lowest BCUT2D eigenvalue weighted by molar-refractivity contribution is 0.489. The van der Waals surface area contributed by atoms with E-state index in [1.807, 2.05) is 0 Å². The molecule has 0 aliphatic rings. The summed E-state index contributed by atoms with van der Waals surface area (Å²) in [6.45, 7) is 4.49. The molecule has 84 valence electrons. The molecular formula is C14H25B. The highest BCUT2D eigenvalue weighted by atomic mass is 14.1. The monoisotopic (exact) mass is 204 g/mol. The van der Waals surface area contributed by atoms with Gasteiger partial charge in [-0.1, -0.05) is 58.8 Å². The Kier molecular flexibility index (Phi) is 11.4. The molecule has 1 heteroatoms. The maximum Gasteiger partial charge on any atom is 0.187 e. The second-order valence-electron chi connectivity index (χ2n) is 4.33. The van der Waals surface area contributed by atoms with E-state index in [2.05, 4.69) is 25.6 Å². The van der Waals surface area contributed by atoms with Crippen LogP contribution in [0.2, 0.25) is 0 Å². The van der Waals surface area contributed by atoms with Crippen LogP contribution in [0.3, 0.4) is 0 Å². The summed E-state index contributed by atoms with van der Waals surface area (Å²) in [4.78, 5) is 0. The zero-order valence-corrected chi connectivity index (χ0v) is 10.5. The molecule has 0 amide bonds. The van der Waals surface area contributed by atoms with Crippen molar-refractivity contribution in [3.05, 3.63) is 0 Å². The van der Waals surface area contributed by atoms with Crippen molar-refractivity contribution in [2.45, 2.75) is 71.6 Å². The third-order valence-corrected chi connectivity index (χ3v) is 2.85. The Labute approximate surface area is 97.6 Å². The molecule has 15 heavy (non-hydrogen) atoms. The van der Waals surface area contributed by atoms with Crippen LogP contribution in [0.5, 0.6) is 0 Å². The van der Waals surface area contributed by atoms with E-state index >= 15 is 0 Å². The van der Waals surface area contributed by atoms with Crippen molar-refractivity contribution in [2.24, 2.45) is 5.92 Å². The van der Waals surface area contributed by atoms with Crippen molar-refractivity contribution in [1.82, 2.24) is 0 Å². The lowest BCUT2D eigenvalue weighted by Crippen LogP contribution is -1.98. The summed E-state index contributed by atoms with van der Waals surface area (Å²) >= 11 is 0. The fourth-order valence-corrected chi connectivity index (χ4v) is 1.86. The lowest BCUT2D eigenvalue weighted by atomic mass is 9.94. The average Bonchev–Trinajstić information content (AvgIpc) is 2.24. The van der Waals surface area contributed by atoms with E-state index in [4.69, 9.17) is 7.85 Å². The predicted octanol–water partition coefficient (Wildman–Crippen LogP) is 4.28. The third kappa shape index (κ3) is 9.92. The summed E-state index contributed by atoms with van der Waals surface area (Å²) in [5, 5.41) is 0. The summed E-state index contributed by atoms with van der Waals surface area (Å²) in [7, 11) is 5.30. The van der Waals surface area contributed by atoms with Crippen molar-refractivity contribution >= 4 is 7.85 Å². The van der Waals surface area contributed by atoms with Gasteiger partial charge in [0, 0.05) is 5.92 Å². The summed E-state index contributed by atoms with van der Waals surface area (Å²) < 4.78 is 0. The molecule has 0 nitrogen and oxygen atoms in total. The van der Waals surface area contributed by atoms with Gasteiger partial charge in [0.25, 0.3) is 0 Å². The van der Waals surface area contributed by atoms with Crippen LogP contribution >= 0.6 is 0 Å². The molecule has 1 atom stereocenters. The minimum Gasteiger partial charge on any atom is -0.172 e. The Balaban J connectivity index is 3.57. The second-order valence-corrected chi connectivity index (χ2v) is 4.33. The van der Waals surface area contributed by atoms with Gasteiger partial charge in [0.15, 0.2) is 7.85 Å². The van der Waals surface area contributed by atoms with Crippen LogP contribution in [0.4, 0.5) is 0 Å². The SMILES string of the molecule is [B]C#CC(CCCCC)CCCCCC. The van der Waals surface area contributed by atoms with Crippen molar-refractivity contribution in [3.8, 4) is 11.7 Å². The zero-order chi connectivity index (χ0) is 11.4.